The SMILES string of the molecule is CCOc1cccc(-c2ccc(CC(NS(=O)(=O)c3cccs3)c3cccc(NCC(=O)O)n3)cc2)c1. The molecule has 3 N–H and O–H groups in total. The van der Waals surface area contributed by atoms with Crippen molar-refractivity contribution in [1.82, 2.24) is 9.71 Å². The molecule has 0 saturated carbocycles. The standard InChI is InChI=1S/C27H27N3O5S2/c1-2-35-22-7-3-6-21(17-22)20-13-11-19(12-14-20)16-24(30-37(33,34)27-10-5-15-36-27)23-8-4-9-25(29-23)28-18-26(31)32/h3-15,17,24,30H,2,16,18H2,1H3,(H,28,29)(H,31,32). The Labute approximate surface area is 220 Å². The molecule has 1 unspecified atom stereocenters. The molecule has 4 rings (SSSR count). The van der Waals surface area contributed by atoms with Gasteiger partial charge in [-0.25, -0.2) is 18.1 Å². The van der Waals surface area contributed by atoms with E-state index in [4.69, 9.17) is 9.84 Å². The van der Waals surface area contributed by atoms with Crippen LogP contribution >= 0.6 is 11.3 Å². The summed E-state index contributed by atoms with van der Waals surface area (Å²) in [6, 6.07) is 23.4. The number of benzene rings is 2. The van der Waals surface area contributed by atoms with Gasteiger partial charge in [0.1, 0.15) is 22.3 Å². The number of pyridine rings is 1. The molecule has 2 heterocycles. The van der Waals surface area contributed by atoms with Crippen molar-refractivity contribution in [1.29, 1.82) is 0 Å². The molecule has 1 atom stereocenters. The van der Waals surface area contributed by atoms with Crippen molar-refractivity contribution in [2.75, 3.05) is 18.5 Å². The number of hydrogen-bond acceptors (Lipinski definition) is 7. The Morgan fingerprint density at radius 1 is 1.03 bits per heavy atom. The van der Waals surface area contributed by atoms with Crippen LogP contribution in [-0.2, 0) is 21.2 Å². The highest BCUT2D eigenvalue weighted by Gasteiger charge is 2.24. The topological polar surface area (TPSA) is 118 Å². The number of carboxylic acids is 1. The van der Waals surface area contributed by atoms with Gasteiger partial charge in [-0.3, -0.25) is 4.79 Å². The van der Waals surface area contributed by atoms with Crippen molar-refractivity contribution < 1.29 is 23.1 Å². The lowest BCUT2D eigenvalue weighted by Crippen LogP contribution is -2.30. The van der Waals surface area contributed by atoms with Gasteiger partial charge in [0.25, 0.3) is 10.0 Å². The molecule has 0 radical (unpaired) electrons. The smallest absolute Gasteiger partial charge is 0.322 e. The van der Waals surface area contributed by atoms with Crippen LogP contribution in [0.25, 0.3) is 11.1 Å². The van der Waals surface area contributed by atoms with Gasteiger partial charge in [-0.15, -0.1) is 11.3 Å². The van der Waals surface area contributed by atoms with Gasteiger partial charge in [-0.2, -0.15) is 0 Å². The Bertz CT molecular complexity index is 1440. The van der Waals surface area contributed by atoms with Crippen LogP contribution < -0.4 is 14.8 Å². The first-order chi connectivity index (χ1) is 17.8. The zero-order valence-corrected chi connectivity index (χ0v) is 21.8. The number of hydrogen-bond donors (Lipinski definition) is 3. The number of aliphatic carboxylic acids is 1. The first-order valence-corrected chi connectivity index (χ1v) is 14.0. The first-order valence-electron chi connectivity index (χ1n) is 11.6. The molecule has 0 spiro atoms. The van der Waals surface area contributed by atoms with E-state index in [0.29, 0.717) is 24.5 Å². The number of rotatable bonds is 12. The average molecular weight is 538 g/mol. The summed E-state index contributed by atoms with van der Waals surface area (Å²) in [4.78, 5) is 15.4. The molecular formula is C27H27N3O5S2. The minimum atomic E-state index is -3.78. The maximum Gasteiger partial charge on any atom is 0.322 e. The van der Waals surface area contributed by atoms with Crippen LogP contribution in [-0.4, -0.2) is 37.6 Å². The highest BCUT2D eigenvalue weighted by Crippen LogP contribution is 2.27. The van der Waals surface area contributed by atoms with Gasteiger partial charge in [0.2, 0.25) is 0 Å². The van der Waals surface area contributed by atoms with Gasteiger partial charge in [0.15, 0.2) is 0 Å². The summed E-state index contributed by atoms with van der Waals surface area (Å²) in [6.45, 7) is 2.23. The van der Waals surface area contributed by atoms with Crippen molar-refractivity contribution in [2.24, 2.45) is 0 Å². The van der Waals surface area contributed by atoms with Gasteiger partial charge in [0.05, 0.1) is 18.3 Å². The zero-order valence-electron chi connectivity index (χ0n) is 20.1. The van der Waals surface area contributed by atoms with E-state index in [1.807, 2.05) is 55.5 Å². The fourth-order valence-corrected chi connectivity index (χ4v) is 6.00. The van der Waals surface area contributed by atoms with Crippen LogP contribution in [0.4, 0.5) is 5.82 Å². The van der Waals surface area contributed by atoms with E-state index >= 15 is 0 Å². The van der Waals surface area contributed by atoms with Crippen molar-refractivity contribution in [3.8, 4) is 16.9 Å². The van der Waals surface area contributed by atoms with Gasteiger partial charge in [0, 0.05) is 0 Å². The summed E-state index contributed by atoms with van der Waals surface area (Å²) in [6.07, 6.45) is 0.346. The predicted molar refractivity (Wildman–Crippen MR) is 144 cm³/mol. The molecular weight excluding hydrogens is 510 g/mol. The third kappa shape index (κ3) is 7.16. The fourth-order valence-electron chi connectivity index (χ4n) is 3.78. The van der Waals surface area contributed by atoms with Crippen LogP contribution in [0.5, 0.6) is 5.75 Å². The van der Waals surface area contributed by atoms with E-state index in [1.54, 1.807) is 35.7 Å². The monoisotopic (exact) mass is 537 g/mol. The second-order valence-electron chi connectivity index (χ2n) is 8.16. The van der Waals surface area contributed by atoms with Crippen molar-refractivity contribution in [3.05, 3.63) is 95.5 Å². The number of thiophene rings is 1. The highest BCUT2D eigenvalue weighted by atomic mass is 32.2. The summed E-state index contributed by atoms with van der Waals surface area (Å²) in [5.74, 6) is 0.133. The van der Waals surface area contributed by atoms with Crippen LogP contribution in [0.3, 0.4) is 0 Å². The molecule has 2 aromatic carbocycles. The van der Waals surface area contributed by atoms with Crippen LogP contribution in [0.15, 0.2) is 88.5 Å². The molecule has 0 saturated heterocycles. The van der Waals surface area contributed by atoms with Gasteiger partial charge in [-0.1, -0.05) is 48.5 Å². The predicted octanol–water partition coefficient (Wildman–Crippen LogP) is 4.97. The first kappa shape index (κ1) is 26.3. The lowest BCUT2D eigenvalue weighted by molar-refractivity contribution is -0.134. The molecule has 0 bridgehead atoms. The summed E-state index contributed by atoms with van der Waals surface area (Å²) < 4.78 is 34.7. The number of ether oxygens (including phenoxy) is 1. The van der Waals surface area contributed by atoms with E-state index in [-0.39, 0.29) is 10.8 Å². The zero-order chi connectivity index (χ0) is 26.3. The van der Waals surface area contributed by atoms with Crippen LogP contribution in [0.1, 0.15) is 24.2 Å². The molecule has 0 aliphatic rings. The van der Waals surface area contributed by atoms with Crippen LogP contribution in [0, 0.1) is 0 Å². The number of nitrogens with one attached hydrogen (secondary N) is 2. The average Bonchev–Trinajstić information content (AvgIpc) is 3.44. The minimum Gasteiger partial charge on any atom is -0.494 e. The third-order valence-corrected chi connectivity index (χ3v) is 8.35. The molecule has 0 amide bonds. The van der Waals surface area contributed by atoms with E-state index in [0.717, 1.165) is 33.8 Å². The quantitative estimate of drug-likeness (QED) is 0.234. The lowest BCUT2D eigenvalue weighted by atomic mass is 9.99. The molecule has 192 valence electrons. The Kier molecular flexibility index (Phi) is 8.54. The normalized spacial score (nSPS) is 12.1. The second kappa shape index (κ2) is 12.0. The number of sulfonamides is 1. The Balaban J connectivity index is 1.60. The fraction of sp³-hybridized carbons (Fsp3) is 0.185. The Morgan fingerprint density at radius 3 is 2.51 bits per heavy atom. The van der Waals surface area contributed by atoms with E-state index in [9.17, 15) is 13.2 Å². The van der Waals surface area contributed by atoms with Crippen molar-refractivity contribution in [2.45, 2.75) is 23.6 Å². The Morgan fingerprint density at radius 2 is 1.81 bits per heavy atom. The lowest BCUT2D eigenvalue weighted by Gasteiger charge is -2.19. The molecule has 10 heteroatoms. The number of carbonyl (C=O) groups is 1. The summed E-state index contributed by atoms with van der Waals surface area (Å²) in [5, 5.41) is 13.4. The van der Waals surface area contributed by atoms with E-state index in [2.05, 4.69) is 15.0 Å². The molecule has 0 aliphatic heterocycles. The number of nitrogens with zero attached hydrogens (tertiary/aromatic N) is 1. The molecule has 37 heavy (non-hydrogen) atoms. The molecule has 0 fully saturated rings. The second-order valence-corrected chi connectivity index (χ2v) is 11.1. The van der Waals surface area contributed by atoms with Crippen LogP contribution in [0.2, 0.25) is 0 Å². The molecule has 8 nitrogen and oxygen atoms in total. The summed E-state index contributed by atoms with van der Waals surface area (Å²) in [7, 11) is -3.78. The van der Waals surface area contributed by atoms with Gasteiger partial charge < -0.3 is 15.2 Å². The number of anilines is 1. The molecule has 4 aromatic rings. The van der Waals surface area contributed by atoms with E-state index in [1.165, 1.54) is 0 Å². The van der Waals surface area contributed by atoms with Gasteiger partial charge >= 0.3 is 5.97 Å². The van der Waals surface area contributed by atoms with Crippen molar-refractivity contribution >= 4 is 33.1 Å². The summed E-state index contributed by atoms with van der Waals surface area (Å²) in [5.41, 5.74) is 3.42. The van der Waals surface area contributed by atoms with Crippen molar-refractivity contribution in [3.63, 3.8) is 0 Å². The van der Waals surface area contributed by atoms with E-state index < -0.39 is 22.0 Å². The molecule has 2 aromatic heterocycles. The van der Waals surface area contributed by atoms with Gasteiger partial charge in [-0.05, 0) is 65.7 Å². The number of aromatic nitrogens is 1. The largest absolute Gasteiger partial charge is 0.494 e. The minimum absolute atomic E-state index is 0.210. The highest BCUT2D eigenvalue weighted by molar-refractivity contribution is 7.91. The Hall–Kier alpha value is -3.73. The molecule has 0 aliphatic carbocycles. The number of carboxylic acid groups (broad SMARTS) is 1. The summed E-state index contributed by atoms with van der Waals surface area (Å²) >= 11 is 1.13. The maximum absolute atomic E-state index is 13.1. The maximum atomic E-state index is 13.1. The third-order valence-electron chi connectivity index (χ3n) is 5.48.